The van der Waals surface area contributed by atoms with Gasteiger partial charge in [-0.2, -0.15) is 0 Å². The first kappa shape index (κ1) is 31.1. The predicted molar refractivity (Wildman–Crippen MR) is 228 cm³/mol. The topological polar surface area (TPSA) is 17.8 Å². The number of imidazole rings is 1. The van der Waals surface area contributed by atoms with Gasteiger partial charge >= 0.3 is 0 Å². The van der Waals surface area contributed by atoms with E-state index >= 15 is 0 Å². The first-order valence-electron chi connectivity index (χ1n) is 18.6. The second-order valence-corrected chi connectivity index (χ2v) is 15.5. The molecule has 0 fully saturated rings. The lowest BCUT2D eigenvalue weighted by Crippen LogP contribution is -2.09. The van der Waals surface area contributed by atoms with Crippen molar-refractivity contribution in [3.05, 3.63) is 205 Å². The van der Waals surface area contributed by atoms with E-state index in [-0.39, 0.29) is 5.92 Å². The molecule has 1 aromatic heterocycles. The van der Waals surface area contributed by atoms with Crippen LogP contribution in [0.5, 0.6) is 0 Å². The number of benzene rings is 8. The maximum atomic E-state index is 5.22. The van der Waals surface area contributed by atoms with Gasteiger partial charge in [-0.25, -0.2) is 4.98 Å². The van der Waals surface area contributed by atoms with E-state index in [1.165, 1.54) is 65.4 Å². The van der Waals surface area contributed by atoms with Crippen LogP contribution in [-0.2, 0) is 0 Å². The van der Waals surface area contributed by atoms with Gasteiger partial charge in [0, 0.05) is 27.3 Å². The van der Waals surface area contributed by atoms with Gasteiger partial charge in [-0.3, -0.25) is 4.57 Å². The maximum absolute atomic E-state index is 5.22. The van der Waals surface area contributed by atoms with Gasteiger partial charge < -0.3 is 0 Å². The van der Waals surface area contributed by atoms with Crippen molar-refractivity contribution in [3.63, 3.8) is 0 Å². The molecule has 0 amide bonds. The zero-order chi connectivity index (χ0) is 35.6. The third kappa shape index (κ3) is 5.23. The molecule has 0 saturated heterocycles. The monoisotopic (exact) mass is 706 g/mol. The summed E-state index contributed by atoms with van der Waals surface area (Å²) in [5, 5.41) is 5.39. The van der Waals surface area contributed by atoms with Crippen LogP contribution in [0.15, 0.2) is 199 Å². The third-order valence-corrected chi connectivity index (χ3v) is 12.5. The van der Waals surface area contributed by atoms with Gasteiger partial charge in [-0.1, -0.05) is 140 Å². The van der Waals surface area contributed by atoms with Gasteiger partial charge in [0.1, 0.15) is 5.82 Å². The number of nitrogens with zero attached hydrogens (tertiary/aromatic N) is 2. The van der Waals surface area contributed by atoms with E-state index in [4.69, 9.17) is 4.98 Å². The summed E-state index contributed by atoms with van der Waals surface area (Å²) in [6, 6.07) is 63.9. The molecule has 0 spiro atoms. The van der Waals surface area contributed by atoms with Crippen LogP contribution in [0, 0.1) is 0 Å². The second-order valence-electron chi connectivity index (χ2n) is 14.3. The molecule has 3 heteroatoms. The molecule has 9 aromatic rings. The molecule has 0 bridgehead atoms. The van der Waals surface area contributed by atoms with Crippen LogP contribution in [0.25, 0.3) is 77.5 Å². The number of hydrogen-bond donors (Lipinski definition) is 0. The van der Waals surface area contributed by atoms with Crippen molar-refractivity contribution in [2.24, 2.45) is 0 Å². The van der Waals surface area contributed by atoms with Gasteiger partial charge in [0.05, 0.1) is 11.0 Å². The molecule has 2 aliphatic rings. The zero-order valence-electron chi connectivity index (χ0n) is 29.4. The first-order chi connectivity index (χ1) is 26.7. The van der Waals surface area contributed by atoms with Crippen LogP contribution in [0.3, 0.4) is 0 Å². The van der Waals surface area contributed by atoms with Crippen molar-refractivity contribution in [3.8, 4) is 39.3 Å². The fraction of sp³-hybridized carbons (Fsp3) is 0.0392. The summed E-state index contributed by atoms with van der Waals surface area (Å²) >= 11 is 2.00. The van der Waals surface area contributed by atoms with Crippen LogP contribution in [0.4, 0.5) is 0 Å². The van der Waals surface area contributed by atoms with Crippen molar-refractivity contribution >= 4 is 49.9 Å². The van der Waals surface area contributed by atoms with Gasteiger partial charge in [0.2, 0.25) is 0 Å². The van der Waals surface area contributed by atoms with Crippen LogP contribution in [0.1, 0.15) is 17.0 Å². The summed E-state index contributed by atoms with van der Waals surface area (Å²) in [5.74, 6) is 1.21. The molecule has 254 valence electrons. The summed E-state index contributed by atoms with van der Waals surface area (Å²) in [5.41, 5.74) is 13.2. The normalized spacial score (nSPS) is 16.1. The van der Waals surface area contributed by atoms with E-state index in [1.807, 2.05) is 11.8 Å². The fourth-order valence-electron chi connectivity index (χ4n) is 8.40. The molecule has 8 aromatic carbocycles. The van der Waals surface area contributed by atoms with E-state index in [1.54, 1.807) is 0 Å². The molecule has 0 saturated carbocycles. The Morgan fingerprint density at radius 3 is 2.00 bits per heavy atom. The van der Waals surface area contributed by atoms with Gasteiger partial charge in [-0.15, -0.1) is 11.8 Å². The van der Waals surface area contributed by atoms with Gasteiger partial charge in [0.15, 0.2) is 0 Å². The summed E-state index contributed by atoms with van der Waals surface area (Å²) in [7, 11) is 0. The number of hydrogen-bond acceptors (Lipinski definition) is 2. The van der Waals surface area contributed by atoms with Crippen molar-refractivity contribution in [1.29, 1.82) is 0 Å². The zero-order valence-corrected chi connectivity index (χ0v) is 30.2. The highest BCUT2D eigenvalue weighted by Gasteiger charge is 2.35. The molecule has 2 unspecified atom stereocenters. The average Bonchev–Trinajstić information content (AvgIpc) is 3.82. The SMILES string of the molecule is C1=CC2Sc3c(-c4cccc(-c5nc6ccccc6n5-c5ccccc5)c4)cc(-c4ccc5ccccc5c4)cc3C2C=C1c1ccc2ccccc2c1. The first-order valence-corrected chi connectivity index (χ1v) is 19.5. The molecule has 1 aliphatic carbocycles. The van der Waals surface area contributed by atoms with Crippen molar-refractivity contribution in [2.75, 3.05) is 0 Å². The number of para-hydroxylation sites is 3. The van der Waals surface area contributed by atoms with E-state index in [0.29, 0.717) is 5.25 Å². The Kier molecular flexibility index (Phi) is 7.27. The molecule has 0 radical (unpaired) electrons. The maximum Gasteiger partial charge on any atom is 0.145 e. The van der Waals surface area contributed by atoms with Crippen LogP contribution in [-0.4, -0.2) is 14.8 Å². The minimum absolute atomic E-state index is 0.265. The predicted octanol–water partition coefficient (Wildman–Crippen LogP) is 13.5. The summed E-state index contributed by atoms with van der Waals surface area (Å²) in [6.07, 6.45) is 7.28. The molecule has 2 nitrogen and oxygen atoms in total. The molecule has 0 N–H and O–H groups in total. The largest absolute Gasteiger partial charge is 0.292 e. The van der Waals surface area contributed by atoms with E-state index in [0.717, 1.165) is 28.1 Å². The third-order valence-electron chi connectivity index (χ3n) is 11.1. The van der Waals surface area contributed by atoms with Gasteiger partial charge in [0.25, 0.3) is 0 Å². The number of rotatable bonds is 5. The minimum atomic E-state index is 0.265. The minimum Gasteiger partial charge on any atom is -0.292 e. The molecule has 1 aliphatic heterocycles. The summed E-state index contributed by atoms with van der Waals surface area (Å²) in [6.45, 7) is 0. The Labute approximate surface area is 318 Å². The Morgan fingerprint density at radius 2 is 1.19 bits per heavy atom. The number of allylic oxidation sites excluding steroid dienone is 3. The van der Waals surface area contributed by atoms with Crippen LogP contribution < -0.4 is 0 Å². The number of fused-ring (bicyclic) bond motifs is 6. The lowest BCUT2D eigenvalue weighted by Gasteiger charge is -2.20. The number of thioether (sulfide) groups is 1. The summed E-state index contributed by atoms with van der Waals surface area (Å²) in [4.78, 5) is 6.58. The quantitative estimate of drug-likeness (QED) is 0.177. The molecular weight excluding hydrogens is 673 g/mol. The Hall–Kier alpha value is -6.42. The second kappa shape index (κ2) is 12.6. The van der Waals surface area contributed by atoms with E-state index in [9.17, 15) is 0 Å². The highest BCUT2D eigenvalue weighted by Crippen LogP contribution is 2.54. The molecule has 54 heavy (non-hydrogen) atoms. The smallest absolute Gasteiger partial charge is 0.145 e. The van der Waals surface area contributed by atoms with Gasteiger partial charge in [-0.05, 0) is 115 Å². The fourth-order valence-corrected chi connectivity index (χ4v) is 9.84. The Bertz CT molecular complexity index is 2990. The average molecular weight is 707 g/mol. The van der Waals surface area contributed by atoms with E-state index in [2.05, 4.69) is 199 Å². The Balaban J connectivity index is 1.08. The lowest BCUT2D eigenvalue weighted by molar-refractivity contribution is 0.885. The number of aromatic nitrogens is 2. The highest BCUT2D eigenvalue weighted by atomic mass is 32.2. The molecule has 11 rings (SSSR count). The highest BCUT2D eigenvalue weighted by molar-refractivity contribution is 8.00. The van der Waals surface area contributed by atoms with Crippen LogP contribution in [0.2, 0.25) is 0 Å². The summed E-state index contributed by atoms with van der Waals surface area (Å²) < 4.78 is 2.29. The standard InChI is InChI=1S/C51H34N2S/c1-2-17-43(18-3-1)53-48-20-9-8-19-47(48)52-51(53)41-16-10-15-40(29-41)44-31-42(38-24-22-34-12-5-7-14-36(34)28-38)32-46-45-30-39(25-26-49(45)54-50(44)46)37-23-21-33-11-4-6-13-35(33)27-37/h1-32,45,49H. The van der Waals surface area contributed by atoms with Crippen LogP contribution >= 0.6 is 11.8 Å². The van der Waals surface area contributed by atoms with Crippen molar-refractivity contribution < 1.29 is 0 Å². The van der Waals surface area contributed by atoms with E-state index < -0.39 is 0 Å². The van der Waals surface area contributed by atoms with Crippen molar-refractivity contribution in [1.82, 2.24) is 9.55 Å². The molecular formula is C51H34N2S. The van der Waals surface area contributed by atoms with Crippen molar-refractivity contribution in [2.45, 2.75) is 16.1 Å². The Morgan fingerprint density at radius 1 is 0.500 bits per heavy atom. The lowest BCUT2D eigenvalue weighted by atomic mass is 9.84. The molecule has 2 atom stereocenters. The molecule has 2 heterocycles.